The topological polar surface area (TPSA) is 38.7 Å². The molecule has 3 nitrogen and oxygen atoms in total. The molecule has 1 unspecified atom stereocenters. The van der Waals surface area contributed by atoms with Gasteiger partial charge in [-0.2, -0.15) is 0 Å². The van der Waals surface area contributed by atoms with E-state index < -0.39 is 5.60 Å². The molecule has 0 aliphatic rings. The first-order chi connectivity index (χ1) is 7.12. The van der Waals surface area contributed by atoms with E-state index in [1.807, 2.05) is 19.1 Å². The van der Waals surface area contributed by atoms with E-state index in [4.69, 9.17) is 16.3 Å². The van der Waals surface area contributed by atoms with Crippen LogP contribution in [0.3, 0.4) is 0 Å². The summed E-state index contributed by atoms with van der Waals surface area (Å²) in [4.78, 5) is 13.6. The van der Waals surface area contributed by atoms with Gasteiger partial charge in [-0.15, -0.1) is 0 Å². The molecule has 4 heteroatoms. The van der Waals surface area contributed by atoms with Crippen molar-refractivity contribution in [1.29, 1.82) is 0 Å². The van der Waals surface area contributed by atoms with E-state index in [1.165, 1.54) is 6.08 Å². The van der Waals surface area contributed by atoms with E-state index in [0.717, 1.165) is 5.56 Å². The van der Waals surface area contributed by atoms with Crippen LogP contribution in [0.5, 0.6) is 0 Å². The molecule has 0 saturated heterocycles. The highest BCUT2D eigenvalue weighted by molar-refractivity contribution is 6.30. The number of methoxy groups -OCH3 is 1. The van der Waals surface area contributed by atoms with Gasteiger partial charge in [-0.05, 0) is 24.6 Å². The Morgan fingerprint density at radius 1 is 1.60 bits per heavy atom. The molecule has 0 radical (unpaired) electrons. The lowest BCUT2D eigenvalue weighted by Gasteiger charge is -2.26. The Morgan fingerprint density at radius 2 is 2.33 bits per heavy atom. The van der Waals surface area contributed by atoms with E-state index in [0.29, 0.717) is 5.02 Å². The molecule has 0 fully saturated rings. The van der Waals surface area contributed by atoms with E-state index >= 15 is 0 Å². The van der Waals surface area contributed by atoms with Gasteiger partial charge in [-0.25, -0.2) is 9.79 Å². The fourth-order valence-corrected chi connectivity index (χ4v) is 1.46. The van der Waals surface area contributed by atoms with Crippen molar-refractivity contribution < 1.29 is 9.53 Å². The highest BCUT2D eigenvalue weighted by atomic mass is 35.5. The second-order valence-electron chi connectivity index (χ2n) is 3.35. The van der Waals surface area contributed by atoms with Crippen LogP contribution in [-0.2, 0) is 15.1 Å². The SMILES string of the molecule is COC(C)(CN=C=O)c1cccc(Cl)c1. The number of carbonyl (C=O) groups excluding carboxylic acids is 1. The molecule has 0 aromatic heterocycles. The molecule has 1 aromatic carbocycles. The number of aliphatic imine (C=N–C) groups is 1. The van der Waals surface area contributed by atoms with Crippen molar-refractivity contribution >= 4 is 17.7 Å². The lowest BCUT2D eigenvalue weighted by atomic mass is 9.96. The number of hydrogen-bond donors (Lipinski definition) is 0. The van der Waals surface area contributed by atoms with Crippen LogP contribution in [0, 0.1) is 0 Å². The number of isocyanates is 1. The summed E-state index contributed by atoms with van der Waals surface area (Å²) in [6.45, 7) is 2.08. The summed E-state index contributed by atoms with van der Waals surface area (Å²) in [6, 6.07) is 7.30. The number of halogens is 1. The Hall–Kier alpha value is -1.15. The molecule has 0 N–H and O–H groups in total. The second kappa shape index (κ2) is 5.08. The fourth-order valence-electron chi connectivity index (χ4n) is 1.27. The number of rotatable bonds is 4. The Labute approximate surface area is 93.7 Å². The van der Waals surface area contributed by atoms with Gasteiger partial charge in [0.15, 0.2) is 0 Å². The molecule has 80 valence electrons. The maximum absolute atomic E-state index is 10.1. The van der Waals surface area contributed by atoms with Crippen molar-refractivity contribution in [2.75, 3.05) is 13.7 Å². The van der Waals surface area contributed by atoms with Crippen LogP contribution >= 0.6 is 11.6 Å². The summed E-state index contributed by atoms with van der Waals surface area (Å²) in [5.74, 6) is 0. The Balaban J connectivity index is 3.04. The summed E-state index contributed by atoms with van der Waals surface area (Å²) in [7, 11) is 1.57. The predicted octanol–water partition coefficient (Wildman–Crippen LogP) is 2.54. The standard InChI is InChI=1S/C11H12ClNO2/c1-11(15-2,7-13-8-14)9-4-3-5-10(12)6-9/h3-6H,7H2,1-2H3. The molecule has 0 bridgehead atoms. The smallest absolute Gasteiger partial charge is 0.235 e. The third-order valence-corrected chi connectivity index (χ3v) is 2.57. The first-order valence-corrected chi connectivity index (χ1v) is 4.85. The highest BCUT2D eigenvalue weighted by Gasteiger charge is 2.26. The zero-order valence-electron chi connectivity index (χ0n) is 8.66. The van der Waals surface area contributed by atoms with Gasteiger partial charge in [-0.1, -0.05) is 23.7 Å². The van der Waals surface area contributed by atoms with E-state index in [2.05, 4.69) is 4.99 Å². The van der Waals surface area contributed by atoms with Gasteiger partial charge >= 0.3 is 0 Å². The lowest BCUT2D eigenvalue weighted by molar-refractivity contribution is 0.0106. The van der Waals surface area contributed by atoms with Gasteiger partial charge in [-0.3, -0.25) is 0 Å². The van der Waals surface area contributed by atoms with Crippen LogP contribution < -0.4 is 0 Å². The first-order valence-electron chi connectivity index (χ1n) is 4.47. The molecule has 1 aromatic rings. The maximum Gasteiger partial charge on any atom is 0.235 e. The quantitative estimate of drug-likeness (QED) is 0.584. The third-order valence-electron chi connectivity index (χ3n) is 2.33. The van der Waals surface area contributed by atoms with Crippen molar-refractivity contribution in [1.82, 2.24) is 0 Å². The molecule has 15 heavy (non-hydrogen) atoms. The molecule has 1 atom stereocenters. The van der Waals surface area contributed by atoms with Crippen LogP contribution in [0.15, 0.2) is 29.3 Å². The molecule has 0 amide bonds. The third kappa shape index (κ3) is 2.90. The normalized spacial score (nSPS) is 14.1. The summed E-state index contributed by atoms with van der Waals surface area (Å²) >= 11 is 5.88. The number of benzene rings is 1. The first kappa shape index (κ1) is 11.9. The van der Waals surface area contributed by atoms with Gasteiger partial charge in [0.1, 0.15) is 5.60 Å². The molecule has 0 heterocycles. The van der Waals surface area contributed by atoms with Gasteiger partial charge in [0.05, 0.1) is 6.54 Å². The Bertz CT molecular complexity index is 388. The van der Waals surface area contributed by atoms with Crippen LogP contribution in [0.2, 0.25) is 5.02 Å². The van der Waals surface area contributed by atoms with Crippen LogP contribution in [-0.4, -0.2) is 19.7 Å². The van der Waals surface area contributed by atoms with Crippen molar-refractivity contribution in [2.24, 2.45) is 4.99 Å². The molecule has 0 spiro atoms. The predicted molar refractivity (Wildman–Crippen MR) is 58.8 cm³/mol. The number of nitrogens with zero attached hydrogens (tertiary/aromatic N) is 1. The van der Waals surface area contributed by atoms with Gasteiger partial charge < -0.3 is 4.74 Å². The molecule has 1 rings (SSSR count). The summed E-state index contributed by atoms with van der Waals surface area (Å²) in [5, 5.41) is 0.630. The monoisotopic (exact) mass is 225 g/mol. The van der Waals surface area contributed by atoms with Crippen molar-refractivity contribution in [3.63, 3.8) is 0 Å². The zero-order chi connectivity index (χ0) is 11.3. The maximum atomic E-state index is 10.1. The number of hydrogen-bond acceptors (Lipinski definition) is 3. The summed E-state index contributed by atoms with van der Waals surface area (Å²) < 4.78 is 5.35. The second-order valence-corrected chi connectivity index (χ2v) is 3.79. The highest BCUT2D eigenvalue weighted by Crippen LogP contribution is 2.26. The molecule has 0 aliphatic carbocycles. The lowest BCUT2D eigenvalue weighted by Crippen LogP contribution is -2.27. The molecule has 0 saturated carbocycles. The average molecular weight is 226 g/mol. The van der Waals surface area contributed by atoms with Crippen molar-refractivity contribution in [3.05, 3.63) is 34.9 Å². The average Bonchev–Trinajstić information content (AvgIpc) is 2.26. The van der Waals surface area contributed by atoms with Crippen molar-refractivity contribution in [3.8, 4) is 0 Å². The Morgan fingerprint density at radius 3 is 2.87 bits per heavy atom. The number of ether oxygens (including phenoxy) is 1. The van der Waals surface area contributed by atoms with Gasteiger partial charge in [0.2, 0.25) is 6.08 Å². The molecular weight excluding hydrogens is 214 g/mol. The van der Waals surface area contributed by atoms with E-state index in [1.54, 1.807) is 19.2 Å². The summed E-state index contributed by atoms with van der Waals surface area (Å²) in [6.07, 6.45) is 1.50. The minimum Gasteiger partial charge on any atom is -0.372 e. The van der Waals surface area contributed by atoms with Gasteiger partial charge in [0.25, 0.3) is 0 Å². The van der Waals surface area contributed by atoms with E-state index in [9.17, 15) is 4.79 Å². The zero-order valence-corrected chi connectivity index (χ0v) is 9.41. The van der Waals surface area contributed by atoms with Gasteiger partial charge in [0, 0.05) is 12.1 Å². The minimum atomic E-state index is -0.637. The van der Waals surface area contributed by atoms with Crippen LogP contribution in [0.1, 0.15) is 12.5 Å². The van der Waals surface area contributed by atoms with Crippen LogP contribution in [0.4, 0.5) is 0 Å². The molecular formula is C11H12ClNO2. The summed E-state index contributed by atoms with van der Waals surface area (Å²) in [5.41, 5.74) is 0.249. The molecule has 0 aliphatic heterocycles. The fraction of sp³-hybridized carbons (Fsp3) is 0.364. The van der Waals surface area contributed by atoms with E-state index in [-0.39, 0.29) is 6.54 Å². The van der Waals surface area contributed by atoms with Crippen molar-refractivity contribution in [2.45, 2.75) is 12.5 Å². The minimum absolute atomic E-state index is 0.230. The van der Waals surface area contributed by atoms with Crippen LogP contribution in [0.25, 0.3) is 0 Å². The largest absolute Gasteiger partial charge is 0.372 e. The Kier molecular flexibility index (Phi) is 4.04.